The second kappa shape index (κ2) is 10.8. The predicted molar refractivity (Wildman–Crippen MR) is 107 cm³/mol. The first-order valence-corrected chi connectivity index (χ1v) is 9.95. The Balaban J connectivity index is 0.00000242. The number of aliphatic imine (C=N–C) groups is 1. The normalized spacial score (nSPS) is 26.9. The zero-order valence-corrected chi connectivity index (χ0v) is 17.1. The van der Waals surface area contributed by atoms with E-state index in [4.69, 9.17) is 0 Å². The van der Waals surface area contributed by atoms with Gasteiger partial charge in [0, 0.05) is 41.4 Å². The van der Waals surface area contributed by atoms with Crippen LogP contribution in [0, 0.1) is 5.92 Å². The lowest BCUT2D eigenvalue weighted by atomic mass is 9.95. The highest BCUT2D eigenvalue weighted by Gasteiger charge is 2.26. The summed E-state index contributed by atoms with van der Waals surface area (Å²) in [6, 6.07) is 0.425. The van der Waals surface area contributed by atoms with E-state index in [2.05, 4.69) is 15.6 Å². The van der Waals surface area contributed by atoms with Gasteiger partial charge in [0.1, 0.15) is 0 Å². The molecule has 3 unspecified atom stereocenters. The fraction of sp³-hybridized carbons (Fsp3) is 0.938. The second-order valence-electron chi connectivity index (χ2n) is 6.38. The zero-order chi connectivity index (χ0) is 15.1. The van der Waals surface area contributed by atoms with E-state index >= 15 is 0 Å². The first-order chi connectivity index (χ1) is 10.2. The number of guanidine groups is 1. The standard InChI is InChI=1S/C16H31N3OS.HI/c1-3-21(20)15-8-4-7-14(12-15)19-16(17-2)18-11-5-6-13-9-10-13;/h13-15H,3-12H2,1-2H3,(H2,17,18,19);1H. The Bertz CT molecular complexity index is 374. The van der Waals surface area contributed by atoms with E-state index in [0.717, 1.165) is 37.0 Å². The maximum absolute atomic E-state index is 12.0. The Labute approximate surface area is 155 Å². The number of nitrogens with zero attached hydrogens (tertiary/aromatic N) is 1. The summed E-state index contributed by atoms with van der Waals surface area (Å²) in [6.45, 7) is 3.03. The average molecular weight is 441 g/mol. The molecule has 2 aliphatic carbocycles. The Morgan fingerprint density at radius 2 is 2.05 bits per heavy atom. The first kappa shape index (κ1) is 20.2. The summed E-state index contributed by atoms with van der Waals surface area (Å²) in [5.74, 6) is 2.70. The molecule has 0 spiro atoms. The largest absolute Gasteiger partial charge is 0.356 e. The van der Waals surface area contributed by atoms with E-state index in [-0.39, 0.29) is 24.0 Å². The molecular weight excluding hydrogens is 409 g/mol. The van der Waals surface area contributed by atoms with Gasteiger partial charge in [-0.2, -0.15) is 0 Å². The van der Waals surface area contributed by atoms with Crippen LogP contribution in [-0.2, 0) is 10.8 Å². The number of rotatable bonds is 7. The monoisotopic (exact) mass is 441 g/mol. The third kappa shape index (κ3) is 7.15. The van der Waals surface area contributed by atoms with Crippen molar-refractivity contribution in [1.82, 2.24) is 10.6 Å². The summed E-state index contributed by atoms with van der Waals surface area (Å²) in [7, 11) is 1.18. The Hall–Kier alpha value is 0.150. The topological polar surface area (TPSA) is 53.5 Å². The molecule has 0 saturated heterocycles. The highest BCUT2D eigenvalue weighted by molar-refractivity contribution is 14.0. The average Bonchev–Trinajstić information content (AvgIpc) is 3.34. The predicted octanol–water partition coefficient (Wildman–Crippen LogP) is 3.04. The summed E-state index contributed by atoms with van der Waals surface area (Å²) in [6.07, 6.45) is 9.93. The van der Waals surface area contributed by atoms with Crippen LogP contribution in [0.15, 0.2) is 4.99 Å². The van der Waals surface area contributed by atoms with Gasteiger partial charge in [0.25, 0.3) is 0 Å². The lowest BCUT2D eigenvalue weighted by Crippen LogP contribution is -2.46. The maximum atomic E-state index is 12.0. The van der Waals surface area contributed by atoms with E-state index in [1.54, 1.807) is 0 Å². The van der Waals surface area contributed by atoms with Gasteiger partial charge < -0.3 is 10.6 Å². The number of nitrogens with one attached hydrogen (secondary N) is 2. The Morgan fingerprint density at radius 3 is 2.68 bits per heavy atom. The molecule has 4 nitrogen and oxygen atoms in total. The van der Waals surface area contributed by atoms with Gasteiger partial charge in [0.05, 0.1) is 0 Å². The fourth-order valence-electron chi connectivity index (χ4n) is 3.14. The minimum absolute atomic E-state index is 0. The van der Waals surface area contributed by atoms with Crippen LogP contribution in [0.3, 0.4) is 0 Å². The molecule has 0 heterocycles. The van der Waals surface area contributed by atoms with Crippen molar-refractivity contribution in [3.8, 4) is 0 Å². The Kier molecular flexibility index (Phi) is 9.95. The van der Waals surface area contributed by atoms with Crippen LogP contribution in [0.2, 0.25) is 0 Å². The molecular formula is C16H32IN3OS. The summed E-state index contributed by atoms with van der Waals surface area (Å²) in [5, 5.41) is 7.31. The number of halogens is 1. The summed E-state index contributed by atoms with van der Waals surface area (Å²) >= 11 is 0. The van der Waals surface area contributed by atoms with Crippen LogP contribution in [0.1, 0.15) is 58.3 Å². The molecule has 0 aromatic carbocycles. The molecule has 0 bridgehead atoms. The molecule has 0 aromatic rings. The molecule has 2 fully saturated rings. The smallest absolute Gasteiger partial charge is 0.191 e. The minimum Gasteiger partial charge on any atom is -0.356 e. The van der Waals surface area contributed by atoms with Crippen molar-refractivity contribution < 1.29 is 4.21 Å². The van der Waals surface area contributed by atoms with Crippen LogP contribution in [0.5, 0.6) is 0 Å². The van der Waals surface area contributed by atoms with Gasteiger partial charge in [-0.3, -0.25) is 9.20 Å². The Morgan fingerprint density at radius 1 is 1.27 bits per heavy atom. The van der Waals surface area contributed by atoms with Crippen LogP contribution < -0.4 is 10.6 Å². The highest BCUT2D eigenvalue weighted by Crippen LogP contribution is 2.33. The van der Waals surface area contributed by atoms with Gasteiger partial charge >= 0.3 is 0 Å². The van der Waals surface area contributed by atoms with Crippen molar-refractivity contribution >= 4 is 40.7 Å². The molecule has 0 radical (unpaired) electrons. The molecule has 3 atom stereocenters. The fourth-order valence-corrected chi connectivity index (χ4v) is 4.49. The van der Waals surface area contributed by atoms with Crippen LogP contribution in [0.25, 0.3) is 0 Å². The van der Waals surface area contributed by atoms with Crippen molar-refractivity contribution in [2.24, 2.45) is 10.9 Å². The summed E-state index contributed by atoms with van der Waals surface area (Å²) in [5.41, 5.74) is 0. The third-order valence-corrected chi connectivity index (χ3v) is 6.37. The van der Waals surface area contributed by atoms with Crippen molar-refractivity contribution in [1.29, 1.82) is 0 Å². The van der Waals surface area contributed by atoms with Gasteiger partial charge in [-0.15, -0.1) is 24.0 Å². The molecule has 6 heteroatoms. The molecule has 22 heavy (non-hydrogen) atoms. The molecule has 2 rings (SSSR count). The minimum atomic E-state index is -0.656. The van der Waals surface area contributed by atoms with E-state index in [0.29, 0.717) is 11.3 Å². The molecule has 0 aliphatic heterocycles. The molecule has 0 amide bonds. The van der Waals surface area contributed by atoms with Gasteiger partial charge in [-0.1, -0.05) is 26.2 Å². The van der Waals surface area contributed by atoms with Gasteiger partial charge in [-0.05, 0) is 38.0 Å². The van der Waals surface area contributed by atoms with Crippen LogP contribution in [0.4, 0.5) is 0 Å². The molecule has 2 saturated carbocycles. The molecule has 0 aromatic heterocycles. The quantitative estimate of drug-likeness (QED) is 0.276. The maximum Gasteiger partial charge on any atom is 0.191 e. The van der Waals surface area contributed by atoms with Crippen molar-refractivity contribution in [3.63, 3.8) is 0 Å². The first-order valence-electron chi connectivity index (χ1n) is 8.57. The SMILES string of the molecule is CCS(=O)C1CCCC(NC(=NC)NCCCC2CC2)C1.I. The molecule has 130 valence electrons. The van der Waals surface area contributed by atoms with Crippen LogP contribution >= 0.6 is 24.0 Å². The summed E-state index contributed by atoms with van der Waals surface area (Å²) in [4.78, 5) is 4.32. The van der Waals surface area contributed by atoms with Crippen molar-refractivity contribution in [3.05, 3.63) is 0 Å². The van der Waals surface area contributed by atoms with E-state index in [1.807, 2.05) is 14.0 Å². The zero-order valence-electron chi connectivity index (χ0n) is 14.0. The van der Waals surface area contributed by atoms with Gasteiger partial charge in [0.2, 0.25) is 0 Å². The third-order valence-electron chi connectivity index (χ3n) is 4.63. The molecule has 2 aliphatic rings. The van der Waals surface area contributed by atoms with Crippen molar-refractivity contribution in [2.75, 3.05) is 19.3 Å². The summed E-state index contributed by atoms with van der Waals surface area (Å²) < 4.78 is 12.0. The number of hydrogen-bond donors (Lipinski definition) is 2. The van der Waals surface area contributed by atoms with E-state index in [9.17, 15) is 4.21 Å². The number of hydrogen-bond acceptors (Lipinski definition) is 2. The lowest BCUT2D eigenvalue weighted by Gasteiger charge is -2.30. The second-order valence-corrected chi connectivity index (χ2v) is 8.39. The van der Waals surface area contributed by atoms with E-state index in [1.165, 1.54) is 38.5 Å². The van der Waals surface area contributed by atoms with Crippen LogP contribution in [-0.4, -0.2) is 40.8 Å². The van der Waals surface area contributed by atoms with Gasteiger partial charge in [-0.25, -0.2) is 0 Å². The van der Waals surface area contributed by atoms with E-state index < -0.39 is 10.8 Å². The van der Waals surface area contributed by atoms with Gasteiger partial charge in [0.15, 0.2) is 5.96 Å². The highest BCUT2D eigenvalue weighted by atomic mass is 127. The lowest BCUT2D eigenvalue weighted by molar-refractivity contribution is 0.413. The van der Waals surface area contributed by atoms with Crippen molar-refractivity contribution in [2.45, 2.75) is 69.6 Å². The molecule has 2 N–H and O–H groups in total.